The lowest BCUT2D eigenvalue weighted by Crippen LogP contribution is -2.33. The fourth-order valence-corrected chi connectivity index (χ4v) is 2.83. The van der Waals surface area contributed by atoms with Gasteiger partial charge in [0.05, 0.1) is 0 Å². The maximum absolute atomic E-state index is 12.0. The molecular formula is C15H24N4O3S. The fourth-order valence-electron chi connectivity index (χ4n) is 1.90. The molecule has 128 valence electrons. The van der Waals surface area contributed by atoms with Crippen molar-refractivity contribution in [3.05, 3.63) is 4.88 Å². The van der Waals surface area contributed by atoms with E-state index in [9.17, 15) is 9.59 Å². The Morgan fingerprint density at radius 2 is 2.04 bits per heavy atom. The molecule has 1 heterocycles. The third-order valence-electron chi connectivity index (χ3n) is 3.12. The quantitative estimate of drug-likeness (QED) is 0.520. The topological polar surface area (TPSA) is 106 Å². The molecule has 0 spiro atoms. The Balaban J connectivity index is 1.67. The van der Waals surface area contributed by atoms with E-state index in [-0.39, 0.29) is 11.7 Å². The van der Waals surface area contributed by atoms with Crippen molar-refractivity contribution in [3.8, 4) is 0 Å². The number of nitrogens with zero attached hydrogens (tertiary/aromatic N) is 1. The van der Waals surface area contributed by atoms with Crippen LogP contribution in [0.1, 0.15) is 49.7 Å². The van der Waals surface area contributed by atoms with Crippen LogP contribution in [-0.2, 0) is 4.74 Å². The summed E-state index contributed by atoms with van der Waals surface area (Å²) < 4.78 is 5.14. The number of nitrogens with one attached hydrogen (secondary N) is 2. The molecular weight excluding hydrogens is 316 g/mol. The van der Waals surface area contributed by atoms with Crippen LogP contribution in [0.4, 0.5) is 15.7 Å². The number of hydrogen-bond acceptors (Lipinski definition) is 7. The number of ketones is 1. The van der Waals surface area contributed by atoms with Gasteiger partial charge in [-0.2, -0.15) is 0 Å². The predicted octanol–water partition coefficient (Wildman–Crippen LogP) is 2.64. The van der Waals surface area contributed by atoms with Gasteiger partial charge in [0.15, 0.2) is 10.9 Å². The van der Waals surface area contributed by atoms with Crippen molar-refractivity contribution in [1.82, 2.24) is 10.3 Å². The molecule has 1 amide bonds. The molecule has 0 radical (unpaired) electrons. The molecule has 4 N–H and O–H groups in total. The van der Waals surface area contributed by atoms with Crippen LogP contribution in [0.2, 0.25) is 0 Å². The molecule has 0 unspecified atom stereocenters. The van der Waals surface area contributed by atoms with Gasteiger partial charge >= 0.3 is 6.09 Å². The SMILES string of the molecule is CC(C)(C)OC(=O)NCCCNc1nc(N)c(C(=O)C2CC2)s1. The zero-order chi connectivity index (χ0) is 17.0. The number of ether oxygens (including phenoxy) is 1. The summed E-state index contributed by atoms with van der Waals surface area (Å²) >= 11 is 1.30. The molecule has 0 atom stereocenters. The lowest BCUT2D eigenvalue weighted by atomic mass is 10.2. The standard InChI is InChI=1S/C15H24N4O3S/c1-15(2,3)22-14(21)18-8-4-7-17-13-19-12(16)11(23-13)10(20)9-5-6-9/h9H,4-8,16H2,1-3H3,(H,17,19)(H,18,21). The van der Waals surface area contributed by atoms with Crippen molar-refractivity contribution in [2.75, 3.05) is 24.1 Å². The average Bonchev–Trinajstić information content (AvgIpc) is 3.20. The van der Waals surface area contributed by atoms with E-state index in [2.05, 4.69) is 15.6 Å². The minimum atomic E-state index is -0.495. The second kappa shape index (κ2) is 7.16. The van der Waals surface area contributed by atoms with Gasteiger partial charge in [0.2, 0.25) is 0 Å². The summed E-state index contributed by atoms with van der Waals surface area (Å²) in [6, 6.07) is 0. The normalized spacial score (nSPS) is 14.4. The molecule has 23 heavy (non-hydrogen) atoms. The molecule has 1 aliphatic carbocycles. The number of thiazole rings is 1. The molecule has 1 saturated carbocycles. The second-order valence-electron chi connectivity index (χ2n) is 6.58. The lowest BCUT2D eigenvalue weighted by molar-refractivity contribution is 0.0527. The first-order valence-electron chi connectivity index (χ1n) is 7.77. The minimum absolute atomic E-state index is 0.111. The monoisotopic (exact) mass is 340 g/mol. The van der Waals surface area contributed by atoms with Gasteiger partial charge in [-0.3, -0.25) is 4.79 Å². The van der Waals surface area contributed by atoms with Crippen molar-refractivity contribution in [2.45, 2.75) is 45.6 Å². The highest BCUT2D eigenvalue weighted by atomic mass is 32.1. The zero-order valence-electron chi connectivity index (χ0n) is 13.8. The predicted molar refractivity (Wildman–Crippen MR) is 90.9 cm³/mol. The van der Waals surface area contributed by atoms with Gasteiger partial charge in [0.1, 0.15) is 16.3 Å². The Hall–Kier alpha value is -1.83. The molecule has 8 heteroatoms. The number of rotatable bonds is 7. The van der Waals surface area contributed by atoms with Crippen molar-refractivity contribution < 1.29 is 14.3 Å². The highest BCUT2D eigenvalue weighted by molar-refractivity contribution is 7.18. The van der Waals surface area contributed by atoms with E-state index in [4.69, 9.17) is 10.5 Å². The van der Waals surface area contributed by atoms with Crippen molar-refractivity contribution in [2.24, 2.45) is 5.92 Å². The number of nitrogens with two attached hydrogens (primary N) is 1. The first-order valence-corrected chi connectivity index (χ1v) is 8.59. The number of alkyl carbamates (subject to hydrolysis) is 1. The molecule has 2 rings (SSSR count). The van der Waals surface area contributed by atoms with Crippen LogP contribution in [0.3, 0.4) is 0 Å². The van der Waals surface area contributed by atoms with Gasteiger partial charge < -0.3 is 21.1 Å². The average molecular weight is 340 g/mol. The first-order chi connectivity index (χ1) is 10.8. The molecule has 1 aromatic heterocycles. The Bertz CT molecular complexity index is 576. The summed E-state index contributed by atoms with van der Waals surface area (Å²) in [6.45, 7) is 6.58. The van der Waals surface area contributed by atoms with Gasteiger partial charge in [-0.25, -0.2) is 9.78 Å². The smallest absolute Gasteiger partial charge is 0.407 e. The van der Waals surface area contributed by atoms with Gasteiger partial charge in [-0.1, -0.05) is 11.3 Å². The number of hydrogen-bond donors (Lipinski definition) is 3. The Morgan fingerprint density at radius 1 is 1.35 bits per heavy atom. The molecule has 1 fully saturated rings. The summed E-state index contributed by atoms with van der Waals surface area (Å²) in [7, 11) is 0. The minimum Gasteiger partial charge on any atom is -0.444 e. The number of nitrogen functional groups attached to an aromatic ring is 1. The summed E-state index contributed by atoms with van der Waals surface area (Å²) in [5, 5.41) is 6.45. The van der Waals surface area contributed by atoms with Crippen molar-refractivity contribution >= 4 is 34.2 Å². The number of aromatic nitrogens is 1. The third-order valence-corrected chi connectivity index (χ3v) is 4.17. The first kappa shape index (κ1) is 17.5. The van der Waals surface area contributed by atoms with E-state index in [1.54, 1.807) is 0 Å². The van der Waals surface area contributed by atoms with E-state index in [0.29, 0.717) is 35.3 Å². The van der Waals surface area contributed by atoms with Gasteiger partial charge in [-0.05, 0) is 40.0 Å². The maximum Gasteiger partial charge on any atom is 0.407 e. The molecule has 0 aliphatic heterocycles. The maximum atomic E-state index is 12.0. The Labute approximate surface area is 140 Å². The number of carbonyl (C=O) groups is 2. The Morgan fingerprint density at radius 3 is 2.65 bits per heavy atom. The van der Waals surface area contributed by atoms with E-state index >= 15 is 0 Å². The summed E-state index contributed by atoms with van der Waals surface area (Å²) in [6.07, 6.45) is 2.20. The van der Waals surface area contributed by atoms with E-state index < -0.39 is 11.7 Å². The highest BCUT2D eigenvalue weighted by Gasteiger charge is 2.33. The van der Waals surface area contributed by atoms with Crippen molar-refractivity contribution in [1.29, 1.82) is 0 Å². The zero-order valence-corrected chi connectivity index (χ0v) is 14.6. The van der Waals surface area contributed by atoms with E-state index in [1.807, 2.05) is 20.8 Å². The summed E-state index contributed by atoms with van der Waals surface area (Å²) in [5.74, 6) is 0.560. The molecule has 0 bridgehead atoms. The second-order valence-corrected chi connectivity index (χ2v) is 7.58. The molecule has 0 saturated heterocycles. The molecule has 1 aliphatic rings. The third kappa shape index (κ3) is 5.70. The summed E-state index contributed by atoms with van der Waals surface area (Å²) in [5.41, 5.74) is 5.31. The summed E-state index contributed by atoms with van der Waals surface area (Å²) in [4.78, 5) is 28.2. The van der Waals surface area contributed by atoms with Gasteiger partial charge in [0.25, 0.3) is 0 Å². The van der Waals surface area contributed by atoms with Gasteiger partial charge in [0, 0.05) is 19.0 Å². The highest BCUT2D eigenvalue weighted by Crippen LogP contribution is 2.37. The van der Waals surface area contributed by atoms with Crippen LogP contribution in [0, 0.1) is 5.92 Å². The fraction of sp³-hybridized carbons (Fsp3) is 0.667. The van der Waals surface area contributed by atoms with Crippen LogP contribution < -0.4 is 16.4 Å². The number of carbonyl (C=O) groups excluding carboxylic acids is 2. The lowest BCUT2D eigenvalue weighted by Gasteiger charge is -2.19. The van der Waals surface area contributed by atoms with E-state index in [0.717, 1.165) is 12.8 Å². The van der Waals surface area contributed by atoms with Crippen LogP contribution in [-0.4, -0.2) is 35.6 Å². The van der Waals surface area contributed by atoms with Crippen LogP contribution >= 0.6 is 11.3 Å². The molecule has 7 nitrogen and oxygen atoms in total. The van der Waals surface area contributed by atoms with Crippen LogP contribution in [0.25, 0.3) is 0 Å². The molecule has 0 aromatic carbocycles. The largest absolute Gasteiger partial charge is 0.444 e. The van der Waals surface area contributed by atoms with Gasteiger partial charge in [-0.15, -0.1) is 0 Å². The molecule has 1 aromatic rings. The number of anilines is 2. The number of Topliss-reactive ketones (excluding diaryl/α,β-unsaturated/α-hetero) is 1. The van der Waals surface area contributed by atoms with E-state index in [1.165, 1.54) is 11.3 Å². The van der Waals surface area contributed by atoms with Crippen LogP contribution in [0.5, 0.6) is 0 Å². The van der Waals surface area contributed by atoms with Crippen molar-refractivity contribution in [3.63, 3.8) is 0 Å². The van der Waals surface area contributed by atoms with Crippen LogP contribution in [0.15, 0.2) is 0 Å². The Kier molecular flexibility index (Phi) is 5.46. The number of amides is 1.